The third kappa shape index (κ3) is 3.62. The van der Waals surface area contributed by atoms with Crippen molar-refractivity contribution in [1.82, 2.24) is 0 Å². The van der Waals surface area contributed by atoms with E-state index in [9.17, 15) is 9.59 Å². The molecule has 0 saturated carbocycles. The Morgan fingerprint density at radius 1 is 1.00 bits per heavy atom. The Morgan fingerprint density at radius 2 is 1.65 bits per heavy atom. The van der Waals surface area contributed by atoms with Gasteiger partial charge in [0.25, 0.3) is 0 Å². The average molecular weight is 316 g/mol. The summed E-state index contributed by atoms with van der Waals surface area (Å²) in [5, 5.41) is 1.67. The van der Waals surface area contributed by atoms with Crippen molar-refractivity contribution in [3.8, 4) is 5.75 Å². The van der Waals surface area contributed by atoms with Gasteiger partial charge in [-0.3, -0.25) is 9.59 Å². The average Bonchev–Trinajstić information content (AvgIpc) is 2.55. The van der Waals surface area contributed by atoms with E-state index >= 15 is 0 Å². The molecule has 0 amide bonds. The molecule has 0 N–H and O–H groups in total. The van der Waals surface area contributed by atoms with E-state index in [0.717, 1.165) is 10.8 Å². The zero-order valence-corrected chi connectivity index (χ0v) is 13.5. The van der Waals surface area contributed by atoms with E-state index < -0.39 is 17.9 Å². The first kappa shape index (κ1) is 16.8. The Hall–Kier alpha value is -2.56. The van der Waals surface area contributed by atoms with Crippen molar-refractivity contribution >= 4 is 22.7 Å². The summed E-state index contributed by atoms with van der Waals surface area (Å²) in [4.78, 5) is 24.6. The Balaban J connectivity index is 2.55. The molecule has 0 saturated heterocycles. The summed E-state index contributed by atoms with van der Waals surface area (Å²) in [6, 6.07) is 10.9. The van der Waals surface area contributed by atoms with Crippen molar-refractivity contribution in [2.24, 2.45) is 0 Å². The smallest absolute Gasteiger partial charge is 0.324 e. The van der Waals surface area contributed by atoms with Gasteiger partial charge in [0.15, 0.2) is 5.92 Å². The maximum atomic E-state index is 12.3. The van der Waals surface area contributed by atoms with Crippen LogP contribution in [0.25, 0.3) is 10.8 Å². The minimum Gasteiger partial charge on any atom is -0.497 e. The largest absolute Gasteiger partial charge is 0.497 e. The lowest BCUT2D eigenvalue weighted by atomic mass is 9.93. The molecule has 23 heavy (non-hydrogen) atoms. The molecule has 0 heterocycles. The van der Waals surface area contributed by atoms with E-state index in [1.807, 2.05) is 18.2 Å². The summed E-state index contributed by atoms with van der Waals surface area (Å²) in [6.45, 7) is 3.81. The van der Waals surface area contributed by atoms with Crippen LogP contribution in [0.15, 0.2) is 36.4 Å². The quantitative estimate of drug-likeness (QED) is 0.605. The lowest BCUT2D eigenvalue weighted by Crippen LogP contribution is -2.26. The van der Waals surface area contributed by atoms with E-state index in [0.29, 0.717) is 11.3 Å². The summed E-state index contributed by atoms with van der Waals surface area (Å²) in [5.74, 6) is -1.59. The second-order valence-electron chi connectivity index (χ2n) is 4.87. The SMILES string of the molecule is CCOC(=O)C(C(=O)OCC)c1cccc2cc(OC)ccc12. The van der Waals surface area contributed by atoms with Crippen molar-refractivity contribution in [3.63, 3.8) is 0 Å². The van der Waals surface area contributed by atoms with Gasteiger partial charge in [-0.05, 0) is 42.3 Å². The van der Waals surface area contributed by atoms with E-state index in [1.165, 1.54) is 0 Å². The molecule has 5 nitrogen and oxygen atoms in total. The molecule has 0 spiro atoms. The van der Waals surface area contributed by atoms with Gasteiger partial charge >= 0.3 is 11.9 Å². The first-order chi connectivity index (χ1) is 11.1. The van der Waals surface area contributed by atoms with Crippen molar-refractivity contribution < 1.29 is 23.8 Å². The molecule has 0 aromatic heterocycles. The first-order valence-corrected chi connectivity index (χ1v) is 7.52. The van der Waals surface area contributed by atoms with Gasteiger partial charge in [0.2, 0.25) is 0 Å². The Labute approximate surface area is 135 Å². The highest BCUT2D eigenvalue weighted by atomic mass is 16.6. The third-order valence-corrected chi connectivity index (χ3v) is 3.48. The van der Waals surface area contributed by atoms with Crippen molar-refractivity contribution in [2.75, 3.05) is 20.3 Å². The van der Waals surface area contributed by atoms with Crippen LogP contribution in [0.2, 0.25) is 0 Å². The Kier molecular flexibility index (Phi) is 5.57. The summed E-state index contributed by atoms with van der Waals surface area (Å²) in [6.07, 6.45) is 0. The molecule has 0 bridgehead atoms. The predicted octanol–water partition coefficient (Wildman–Crippen LogP) is 3.06. The summed E-state index contributed by atoms with van der Waals surface area (Å²) in [5.41, 5.74) is 0.571. The molecule has 0 aliphatic carbocycles. The second kappa shape index (κ2) is 7.63. The second-order valence-corrected chi connectivity index (χ2v) is 4.87. The number of esters is 2. The van der Waals surface area contributed by atoms with E-state index in [4.69, 9.17) is 14.2 Å². The van der Waals surface area contributed by atoms with Gasteiger partial charge in [0, 0.05) is 0 Å². The normalized spacial score (nSPS) is 10.6. The first-order valence-electron chi connectivity index (χ1n) is 7.52. The minimum atomic E-state index is -1.09. The monoisotopic (exact) mass is 316 g/mol. The number of benzene rings is 2. The van der Waals surface area contributed by atoms with Crippen molar-refractivity contribution in [3.05, 3.63) is 42.0 Å². The van der Waals surface area contributed by atoms with Gasteiger partial charge in [0.05, 0.1) is 20.3 Å². The molecule has 0 unspecified atom stereocenters. The van der Waals surface area contributed by atoms with Gasteiger partial charge in [-0.2, -0.15) is 0 Å². The zero-order chi connectivity index (χ0) is 16.8. The number of hydrogen-bond donors (Lipinski definition) is 0. The van der Waals surface area contributed by atoms with Crippen LogP contribution in [0, 0.1) is 0 Å². The third-order valence-electron chi connectivity index (χ3n) is 3.48. The summed E-state index contributed by atoms with van der Waals surface area (Å²) >= 11 is 0. The molecule has 2 rings (SSSR count). The molecule has 2 aromatic carbocycles. The van der Waals surface area contributed by atoms with Gasteiger partial charge in [-0.1, -0.05) is 24.3 Å². The highest BCUT2D eigenvalue weighted by Gasteiger charge is 2.32. The highest BCUT2D eigenvalue weighted by molar-refractivity contribution is 6.05. The molecule has 0 atom stereocenters. The molecule has 0 aliphatic heterocycles. The molecular weight excluding hydrogens is 296 g/mol. The molecule has 122 valence electrons. The fraction of sp³-hybridized carbons (Fsp3) is 0.333. The van der Waals surface area contributed by atoms with E-state index in [-0.39, 0.29) is 13.2 Å². The molecule has 0 radical (unpaired) electrons. The van der Waals surface area contributed by atoms with Crippen LogP contribution in [0.4, 0.5) is 0 Å². The summed E-state index contributed by atoms with van der Waals surface area (Å²) in [7, 11) is 1.59. The van der Waals surface area contributed by atoms with Crippen LogP contribution in [-0.2, 0) is 19.1 Å². The molecular formula is C18H20O5. The number of hydrogen-bond acceptors (Lipinski definition) is 5. The number of carbonyl (C=O) groups excluding carboxylic acids is 2. The molecule has 2 aromatic rings. The van der Waals surface area contributed by atoms with Crippen LogP contribution < -0.4 is 4.74 Å². The Morgan fingerprint density at radius 3 is 2.22 bits per heavy atom. The van der Waals surface area contributed by atoms with Crippen LogP contribution in [0.5, 0.6) is 5.75 Å². The lowest BCUT2D eigenvalue weighted by molar-refractivity contribution is -0.156. The van der Waals surface area contributed by atoms with Crippen molar-refractivity contribution in [1.29, 1.82) is 0 Å². The molecule has 0 aliphatic rings. The fourth-order valence-corrected chi connectivity index (χ4v) is 2.47. The number of fused-ring (bicyclic) bond motifs is 1. The zero-order valence-electron chi connectivity index (χ0n) is 13.5. The van der Waals surface area contributed by atoms with Crippen LogP contribution in [-0.4, -0.2) is 32.3 Å². The van der Waals surface area contributed by atoms with Crippen LogP contribution in [0.1, 0.15) is 25.3 Å². The number of rotatable bonds is 6. The van der Waals surface area contributed by atoms with Gasteiger partial charge in [0.1, 0.15) is 5.75 Å². The van der Waals surface area contributed by atoms with E-state index in [1.54, 1.807) is 39.2 Å². The number of ether oxygens (including phenoxy) is 3. The van der Waals surface area contributed by atoms with Crippen LogP contribution in [0.3, 0.4) is 0 Å². The van der Waals surface area contributed by atoms with Crippen molar-refractivity contribution in [2.45, 2.75) is 19.8 Å². The standard InChI is InChI=1S/C18H20O5/c1-4-22-17(19)16(18(20)23-5-2)15-8-6-7-12-11-13(21-3)9-10-14(12)15/h6-11,16H,4-5H2,1-3H3. The predicted molar refractivity (Wildman–Crippen MR) is 86.5 cm³/mol. The molecule has 0 fully saturated rings. The Bertz CT molecular complexity index is 690. The maximum Gasteiger partial charge on any atom is 0.324 e. The number of methoxy groups -OCH3 is 1. The van der Waals surface area contributed by atoms with Gasteiger partial charge < -0.3 is 14.2 Å². The van der Waals surface area contributed by atoms with Gasteiger partial charge in [-0.15, -0.1) is 0 Å². The van der Waals surface area contributed by atoms with Gasteiger partial charge in [-0.25, -0.2) is 0 Å². The number of carbonyl (C=O) groups is 2. The molecule has 5 heteroatoms. The van der Waals surface area contributed by atoms with E-state index in [2.05, 4.69) is 0 Å². The highest BCUT2D eigenvalue weighted by Crippen LogP contribution is 2.30. The minimum absolute atomic E-state index is 0.202. The summed E-state index contributed by atoms with van der Waals surface area (Å²) < 4.78 is 15.3. The fourth-order valence-electron chi connectivity index (χ4n) is 2.47. The topological polar surface area (TPSA) is 61.8 Å². The lowest BCUT2D eigenvalue weighted by Gasteiger charge is -2.17. The maximum absolute atomic E-state index is 12.3. The van der Waals surface area contributed by atoms with Crippen LogP contribution >= 0.6 is 0 Å².